The van der Waals surface area contributed by atoms with E-state index in [2.05, 4.69) is 65.4 Å². The molecule has 14 heavy (non-hydrogen) atoms. The van der Waals surface area contributed by atoms with Crippen molar-refractivity contribution in [2.75, 3.05) is 32.5 Å². The average Bonchev–Trinajstić information content (AvgIpc) is 2.08. The van der Waals surface area contributed by atoms with Crippen LogP contribution in [0.1, 0.15) is 5.56 Å². The molecule has 1 aromatic rings. The molecule has 0 aromatic heterocycles. The van der Waals surface area contributed by atoms with E-state index in [0.717, 1.165) is 23.2 Å². The van der Waals surface area contributed by atoms with E-state index in [0.29, 0.717) is 0 Å². The summed E-state index contributed by atoms with van der Waals surface area (Å²) in [5, 5.41) is 3.38. The molecular formula is C11H17BrN2. The molecule has 1 N–H and O–H groups in total. The summed E-state index contributed by atoms with van der Waals surface area (Å²) in [7, 11) is 4.15. The van der Waals surface area contributed by atoms with Gasteiger partial charge in [-0.25, -0.2) is 0 Å². The van der Waals surface area contributed by atoms with Crippen molar-refractivity contribution in [3.05, 3.63) is 28.2 Å². The molecule has 0 atom stereocenters. The first kappa shape index (κ1) is 11.5. The zero-order valence-corrected chi connectivity index (χ0v) is 10.6. The second-order valence-corrected chi connectivity index (χ2v) is 4.57. The van der Waals surface area contributed by atoms with Crippen LogP contribution in [0, 0.1) is 6.92 Å². The van der Waals surface area contributed by atoms with Gasteiger partial charge in [-0.05, 0) is 54.6 Å². The number of hydrogen-bond acceptors (Lipinski definition) is 2. The van der Waals surface area contributed by atoms with E-state index >= 15 is 0 Å². The third-order valence-electron chi connectivity index (χ3n) is 2.00. The van der Waals surface area contributed by atoms with Crippen molar-refractivity contribution in [1.82, 2.24) is 4.90 Å². The summed E-state index contributed by atoms with van der Waals surface area (Å²) in [5.41, 5.74) is 2.44. The summed E-state index contributed by atoms with van der Waals surface area (Å²) < 4.78 is 1.14. The lowest BCUT2D eigenvalue weighted by atomic mass is 10.2. The second-order valence-electron chi connectivity index (χ2n) is 3.71. The molecule has 0 aliphatic carbocycles. The lowest BCUT2D eigenvalue weighted by molar-refractivity contribution is 0.425. The van der Waals surface area contributed by atoms with Crippen molar-refractivity contribution in [2.24, 2.45) is 0 Å². The van der Waals surface area contributed by atoms with Gasteiger partial charge >= 0.3 is 0 Å². The minimum absolute atomic E-state index is 0.967. The highest BCUT2D eigenvalue weighted by atomic mass is 79.9. The van der Waals surface area contributed by atoms with Crippen LogP contribution in [-0.4, -0.2) is 32.1 Å². The fourth-order valence-corrected chi connectivity index (χ4v) is 1.81. The Morgan fingerprint density at radius 3 is 2.64 bits per heavy atom. The maximum atomic E-state index is 3.54. The third-order valence-corrected chi connectivity index (χ3v) is 2.66. The van der Waals surface area contributed by atoms with Crippen LogP contribution in [0.4, 0.5) is 5.69 Å². The Morgan fingerprint density at radius 1 is 1.36 bits per heavy atom. The first-order valence-corrected chi connectivity index (χ1v) is 5.53. The predicted molar refractivity (Wildman–Crippen MR) is 65.9 cm³/mol. The second kappa shape index (κ2) is 5.37. The number of rotatable bonds is 4. The average molecular weight is 257 g/mol. The van der Waals surface area contributed by atoms with Gasteiger partial charge in [0.25, 0.3) is 0 Å². The highest BCUT2D eigenvalue weighted by Crippen LogP contribution is 2.22. The van der Waals surface area contributed by atoms with E-state index in [1.165, 1.54) is 5.56 Å². The van der Waals surface area contributed by atoms with Crippen LogP contribution in [0.3, 0.4) is 0 Å². The van der Waals surface area contributed by atoms with Crippen molar-refractivity contribution in [1.29, 1.82) is 0 Å². The fourth-order valence-electron chi connectivity index (χ4n) is 1.18. The van der Waals surface area contributed by atoms with Crippen molar-refractivity contribution < 1.29 is 0 Å². The molecule has 0 radical (unpaired) electrons. The molecular weight excluding hydrogens is 240 g/mol. The number of benzene rings is 1. The lowest BCUT2D eigenvalue weighted by Gasteiger charge is -2.12. The van der Waals surface area contributed by atoms with Crippen LogP contribution in [0.15, 0.2) is 22.7 Å². The lowest BCUT2D eigenvalue weighted by Crippen LogP contribution is -2.20. The molecule has 0 aliphatic rings. The van der Waals surface area contributed by atoms with Crippen molar-refractivity contribution in [2.45, 2.75) is 6.92 Å². The fraction of sp³-hybridized carbons (Fsp3) is 0.455. The Hall–Kier alpha value is -0.540. The van der Waals surface area contributed by atoms with Crippen LogP contribution >= 0.6 is 15.9 Å². The van der Waals surface area contributed by atoms with E-state index in [4.69, 9.17) is 0 Å². The van der Waals surface area contributed by atoms with Gasteiger partial charge in [0.2, 0.25) is 0 Å². The Balaban J connectivity index is 2.51. The molecule has 0 saturated heterocycles. The maximum Gasteiger partial charge on any atom is 0.0485 e. The number of aryl methyl sites for hydroxylation is 1. The van der Waals surface area contributed by atoms with Crippen molar-refractivity contribution in [3.8, 4) is 0 Å². The summed E-state index contributed by atoms with van der Waals surface area (Å²) in [6.07, 6.45) is 0. The SMILES string of the molecule is Cc1ccc(NCCN(C)C)c(Br)c1. The largest absolute Gasteiger partial charge is 0.383 e. The topological polar surface area (TPSA) is 15.3 Å². The van der Waals surface area contributed by atoms with E-state index in [1.54, 1.807) is 0 Å². The molecule has 1 rings (SSSR count). The first-order valence-electron chi connectivity index (χ1n) is 4.74. The Bertz CT molecular complexity index is 297. The standard InChI is InChI=1S/C11H17BrN2/c1-9-4-5-11(10(12)8-9)13-6-7-14(2)3/h4-5,8,13H,6-7H2,1-3H3. The van der Waals surface area contributed by atoms with Crippen LogP contribution in [0.2, 0.25) is 0 Å². The van der Waals surface area contributed by atoms with Gasteiger partial charge in [0.15, 0.2) is 0 Å². The predicted octanol–water partition coefficient (Wildman–Crippen LogP) is 2.73. The smallest absolute Gasteiger partial charge is 0.0485 e. The van der Waals surface area contributed by atoms with Gasteiger partial charge in [0.1, 0.15) is 0 Å². The highest BCUT2D eigenvalue weighted by molar-refractivity contribution is 9.10. The summed E-state index contributed by atoms with van der Waals surface area (Å²) in [4.78, 5) is 2.16. The van der Waals surface area contributed by atoms with Crippen molar-refractivity contribution in [3.63, 3.8) is 0 Å². The minimum atomic E-state index is 0.967. The van der Waals surface area contributed by atoms with Gasteiger partial charge < -0.3 is 10.2 Å². The third kappa shape index (κ3) is 3.68. The summed E-state index contributed by atoms with van der Waals surface area (Å²) in [6, 6.07) is 6.34. The van der Waals surface area contributed by atoms with Gasteiger partial charge in [-0.1, -0.05) is 6.07 Å². The Labute approximate surface area is 94.4 Å². The van der Waals surface area contributed by atoms with E-state index in [1.807, 2.05) is 0 Å². The van der Waals surface area contributed by atoms with Gasteiger partial charge in [-0.15, -0.1) is 0 Å². The molecule has 0 saturated carbocycles. The Kier molecular flexibility index (Phi) is 4.42. The van der Waals surface area contributed by atoms with Gasteiger partial charge in [-0.3, -0.25) is 0 Å². The van der Waals surface area contributed by atoms with Crippen molar-refractivity contribution >= 4 is 21.6 Å². The molecule has 0 unspecified atom stereocenters. The summed E-state index contributed by atoms with van der Waals surface area (Å²) >= 11 is 3.54. The molecule has 0 fully saturated rings. The zero-order valence-electron chi connectivity index (χ0n) is 8.97. The first-order chi connectivity index (χ1) is 6.59. The quantitative estimate of drug-likeness (QED) is 0.892. The summed E-state index contributed by atoms with van der Waals surface area (Å²) in [6.45, 7) is 4.10. The minimum Gasteiger partial charge on any atom is -0.383 e. The van der Waals surface area contributed by atoms with E-state index < -0.39 is 0 Å². The molecule has 0 amide bonds. The molecule has 0 aliphatic heterocycles. The monoisotopic (exact) mass is 256 g/mol. The molecule has 0 bridgehead atoms. The van der Waals surface area contributed by atoms with Crippen LogP contribution in [-0.2, 0) is 0 Å². The van der Waals surface area contributed by atoms with E-state index in [-0.39, 0.29) is 0 Å². The van der Waals surface area contributed by atoms with Crippen LogP contribution in [0.25, 0.3) is 0 Å². The molecule has 78 valence electrons. The number of halogens is 1. The zero-order chi connectivity index (χ0) is 10.6. The van der Waals surface area contributed by atoms with Crippen LogP contribution in [0.5, 0.6) is 0 Å². The van der Waals surface area contributed by atoms with Crippen LogP contribution < -0.4 is 5.32 Å². The van der Waals surface area contributed by atoms with Gasteiger partial charge in [0, 0.05) is 23.2 Å². The number of nitrogens with one attached hydrogen (secondary N) is 1. The molecule has 3 heteroatoms. The normalized spacial score (nSPS) is 10.6. The molecule has 1 aromatic carbocycles. The number of nitrogens with zero attached hydrogens (tertiary/aromatic N) is 1. The number of anilines is 1. The molecule has 0 heterocycles. The number of hydrogen-bond donors (Lipinski definition) is 1. The molecule has 2 nitrogen and oxygen atoms in total. The maximum absolute atomic E-state index is 3.54. The summed E-state index contributed by atoms with van der Waals surface area (Å²) in [5.74, 6) is 0. The number of likely N-dealkylation sites (N-methyl/N-ethyl adjacent to an activating group) is 1. The van der Waals surface area contributed by atoms with Gasteiger partial charge in [-0.2, -0.15) is 0 Å². The Morgan fingerprint density at radius 2 is 2.07 bits per heavy atom. The molecule has 0 spiro atoms. The van der Waals surface area contributed by atoms with Gasteiger partial charge in [0.05, 0.1) is 0 Å². The van der Waals surface area contributed by atoms with E-state index in [9.17, 15) is 0 Å². The highest BCUT2D eigenvalue weighted by Gasteiger charge is 1.98.